The van der Waals surface area contributed by atoms with E-state index in [-0.39, 0.29) is 0 Å². The van der Waals surface area contributed by atoms with Crippen LogP contribution in [0.1, 0.15) is 30.9 Å². The van der Waals surface area contributed by atoms with Gasteiger partial charge >= 0.3 is 0 Å². The van der Waals surface area contributed by atoms with E-state index in [0.717, 1.165) is 22.6 Å². The maximum atomic E-state index is 6.31. The van der Waals surface area contributed by atoms with Gasteiger partial charge in [0.1, 0.15) is 0 Å². The molecule has 0 radical (unpaired) electrons. The van der Waals surface area contributed by atoms with Crippen LogP contribution in [0.5, 0.6) is 0 Å². The van der Waals surface area contributed by atoms with Crippen LogP contribution in [-0.2, 0) is 6.54 Å². The van der Waals surface area contributed by atoms with Gasteiger partial charge in [-0.05, 0) is 26.1 Å². The van der Waals surface area contributed by atoms with Crippen molar-refractivity contribution in [2.45, 2.75) is 26.3 Å². The third-order valence-corrected chi connectivity index (χ3v) is 3.17. The largest absolute Gasteiger partial charge is 0.305 e. The van der Waals surface area contributed by atoms with Crippen molar-refractivity contribution < 1.29 is 0 Å². The van der Waals surface area contributed by atoms with Gasteiger partial charge in [0.15, 0.2) is 0 Å². The molecule has 2 aromatic heterocycles. The average molecular weight is 252 g/mol. The van der Waals surface area contributed by atoms with E-state index in [0.29, 0.717) is 5.92 Å². The van der Waals surface area contributed by atoms with Gasteiger partial charge in [0.25, 0.3) is 0 Å². The van der Waals surface area contributed by atoms with Crippen molar-refractivity contribution in [3.63, 3.8) is 0 Å². The van der Waals surface area contributed by atoms with Crippen molar-refractivity contribution in [1.82, 2.24) is 14.5 Å². The summed E-state index contributed by atoms with van der Waals surface area (Å²) in [4.78, 5) is 2.10. The van der Waals surface area contributed by atoms with Gasteiger partial charge in [-0.2, -0.15) is 5.10 Å². The summed E-state index contributed by atoms with van der Waals surface area (Å²) in [5.41, 5.74) is 3.44. The molecule has 0 aliphatic rings. The molecule has 0 aliphatic carbocycles. The highest BCUT2D eigenvalue weighted by Gasteiger charge is 2.11. The molecule has 92 valence electrons. The van der Waals surface area contributed by atoms with Crippen molar-refractivity contribution in [3.05, 3.63) is 34.6 Å². The molecule has 2 aromatic rings. The number of nitrogens with zero attached hydrogens (tertiary/aromatic N) is 3. The van der Waals surface area contributed by atoms with Gasteiger partial charge in [0.05, 0.1) is 11.7 Å². The van der Waals surface area contributed by atoms with Crippen LogP contribution in [0.25, 0.3) is 5.52 Å². The van der Waals surface area contributed by atoms with E-state index >= 15 is 0 Å². The van der Waals surface area contributed by atoms with Crippen LogP contribution in [0.4, 0.5) is 0 Å². The Labute approximate surface area is 107 Å². The first kappa shape index (κ1) is 12.4. The fourth-order valence-electron chi connectivity index (χ4n) is 1.96. The van der Waals surface area contributed by atoms with Gasteiger partial charge in [-0.3, -0.25) is 0 Å². The van der Waals surface area contributed by atoms with Crippen molar-refractivity contribution in [2.75, 3.05) is 14.1 Å². The number of aromatic nitrogens is 2. The van der Waals surface area contributed by atoms with E-state index in [1.165, 1.54) is 5.56 Å². The normalized spacial score (nSPS) is 11.9. The van der Waals surface area contributed by atoms with E-state index in [9.17, 15) is 0 Å². The Kier molecular flexibility index (Phi) is 3.40. The molecule has 2 rings (SSSR count). The van der Waals surface area contributed by atoms with E-state index in [4.69, 9.17) is 11.6 Å². The van der Waals surface area contributed by atoms with Crippen molar-refractivity contribution in [1.29, 1.82) is 0 Å². The maximum absolute atomic E-state index is 6.31. The van der Waals surface area contributed by atoms with Crippen molar-refractivity contribution in [2.24, 2.45) is 0 Å². The van der Waals surface area contributed by atoms with Crippen LogP contribution in [0.15, 0.2) is 18.5 Å². The molecule has 4 heteroatoms. The van der Waals surface area contributed by atoms with E-state index in [1.807, 2.05) is 37.1 Å². The number of rotatable bonds is 3. The molecule has 17 heavy (non-hydrogen) atoms. The third kappa shape index (κ3) is 2.45. The van der Waals surface area contributed by atoms with E-state index in [1.54, 1.807) is 0 Å². The minimum Gasteiger partial charge on any atom is -0.305 e. The van der Waals surface area contributed by atoms with Crippen LogP contribution >= 0.6 is 11.6 Å². The van der Waals surface area contributed by atoms with Crippen LogP contribution in [-0.4, -0.2) is 28.6 Å². The zero-order chi connectivity index (χ0) is 12.6. The smallest absolute Gasteiger partial charge is 0.0711 e. The second kappa shape index (κ2) is 4.67. The summed E-state index contributed by atoms with van der Waals surface area (Å²) in [5.74, 6) is 0.461. The van der Waals surface area contributed by atoms with Crippen molar-refractivity contribution >= 4 is 17.1 Å². The number of hydrogen-bond acceptors (Lipinski definition) is 2. The monoisotopic (exact) mass is 251 g/mol. The highest BCUT2D eigenvalue weighted by molar-refractivity contribution is 6.31. The van der Waals surface area contributed by atoms with Crippen LogP contribution < -0.4 is 0 Å². The Morgan fingerprint density at radius 1 is 1.41 bits per heavy atom. The SMILES string of the molecule is CC(C)c1cnn2cc(CN(C)C)c(Cl)cc12. The van der Waals surface area contributed by atoms with Crippen LogP contribution in [0.2, 0.25) is 5.02 Å². The minimum absolute atomic E-state index is 0.461. The van der Waals surface area contributed by atoms with Crippen molar-refractivity contribution in [3.8, 4) is 0 Å². The molecule has 3 nitrogen and oxygen atoms in total. The molecule has 0 N–H and O–H groups in total. The first-order valence-electron chi connectivity index (χ1n) is 5.79. The zero-order valence-corrected chi connectivity index (χ0v) is 11.5. The topological polar surface area (TPSA) is 20.5 Å². The molecule has 0 atom stereocenters. The summed E-state index contributed by atoms with van der Waals surface area (Å²) >= 11 is 6.31. The first-order valence-corrected chi connectivity index (χ1v) is 6.17. The standard InChI is InChI=1S/C13H18ClN3/c1-9(2)11-6-15-17-8-10(7-16(3)4)12(14)5-13(11)17/h5-6,8-9H,7H2,1-4H3. The lowest BCUT2D eigenvalue weighted by molar-refractivity contribution is 0.401. The van der Waals surface area contributed by atoms with Crippen LogP contribution in [0, 0.1) is 0 Å². The average Bonchev–Trinajstić information content (AvgIpc) is 2.60. The molecule has 0 aromatic carbocycles. The predicted molar refractivity (Wildman–Crippen MR) is 71.7 cm³/mol. The van der Waals surface area contributed by atoms with Crippen LogP contribution in [0.3, 0.4) is 0 Å². The molecular weight excluding hydrogens is 234 g/mol. The summed E-state index contributed by atoms with van der Waals surface area (Å²) in [6, 6.07) is 2.02. The third-order valence-electron chi connectivity index (χ3n) is 2.82. The molecule has 2 heterocycles. The highest BCUT2D eigenvalue weighted by Crippen LogP contribution is 2.25. The minimum atomic E-state index is 0.461. The second-order valence-corrected chi connectivity index (χ2v) is 5.38. The van der Waals surface area contributed by atoms with Gasteiger partial charge < -0.3 is 4.90 Å². The zero-order valence-electron chi connectivity index (χ0n) is 10.7. The van der Waals surface area contributed by atoms with E-state index < -0.39 is 0 Å². The van der Waals surface area contributed by atoms with Gasteiger partial charge in [0.2, 0.25) is 0 Å². The molecular formula is C13H18ClN3. The van der Waals surface area contributed by atoms with Gasteiger partial charge in [-0.1, -0.05) is 25.4 Å². The molecule has 0 unspecified atom stereocenters. The number of halogens is 1. The summed E-state index contributed by atoms with van der Waals surface area (Å²) < 4.78 is 1.92. The molecule has 0 amide bonds. The number of pyridine rings is 1. The fourth-order valence-corrected chi connectivity index (χ4v) is 2.17. The summed E-state index contributed by atoms with van der Waals surface area (Å²) in [5, 5.41) is 5.20. The van der Waals surface area contributed by atoms with Gasteiger partial charge in [0, 0.05) is 28.9 Å². The molecule has 0 aliphatic heterocycles. The van der Waals surface area contributed by atoms with Gasteiger partial charge in [-0.25, -0.2) is 4.52 Å². The molecule has 0 spiro atoms. The first-order chi connectivity index (χ1) is 7.99. The quantitative estimate of drug-likeness (QED) is 0.835. The lowest BCUT2D eigenvalue weighted by atomic mass is 10.1. The lowest BCUT2D eigenvalue weighted by Gasteiger charge is -2.12. The Morgan fingerprint density at radius 3 is 2.71 bits per heavy atom. The lowest BCUT2D eigenvalue weighted by Crippen LogP contribution is -2.11. The van der Waals surface area contributed by atoms with Gasteiger partial charge in [-0.15, -0.1) is 0 Å². The maximum Gasteiger partial charge on any atom is 0.0711 e. The molecule has 0 fully saturated rings. The molecule has 0 saturated carbocycles. The number of hydrogen-bond donors (Lipinski definition) is 0. The summed E-state index contributed by atoms with van der Waals surface area (Å²) in [7, 11) is 4.06. The Balaban J connectivity index is 2.52. The Morgan fingerprint density at radius 2 is 2.12 bits per heavy atom. The summed E-state index contributed by atoms with van der Waals surface area (Å²) in [6.07, 6.45) is 3.94. The Hall–Kier alpha value is -1.06. The summed E-state index contributed by atoms with van der Waals surface area (Å²) in [6.45, 7) is 5.16. The fraction of sp³-hybridized carbons (Fsp3) is 0.462. The molecule has 0 bridgehead atoms. The Bertz CT molecular complexity index is 529. The molecule has 0 saturated heterocycles. The second-order valence-electron chi connectivity index (χ2n) is 4.97. The van der Waals surface area contributed by atoms with E-state index in [2.05, 4.69) is 23.8 Å². The predicted octanol–water partition coefficient (Wildman–Crippen LogP) is 3.17. The highest BCUT2D eigenvalue weighted by atomic mass is 35.5. The number of fused-ring (bicyclic) bond motifs is 1.